The van der Waals surface area contributed by atoms with Gasteiger partial charge in [0.15, 0.2) is 0 Å². The molecule has 1 aliphatic rings. The Bertz CT molecular complexity index is 739. The van der Waals surface area contributed by atoms with Gasteiger partial charge in [-0.3, -0.25) is 0 Å². The van der Waals surface area contributed by atoms with E-state index in [0.29, 0.717) is 11.3 Å². The summed E-state index contributed by atoms with van der Waals surface area (Å²) < 4.78 is 5.29. The third-order valence-corrected chi connectivity index (χ3v) is 3.46. The number of hydrogen-bond acceptors (Lipinski definition) is 4. The quantitative estimate of drug-likeness (QED) is 0.847. The van der Waals surface area contributed by atoms with Crippen molar-refractivity contribution in [3.8, 4) is 0 Å². The largest absolute Gasteiger partial charge is 0.478 e. The summed E-state index contributed by atoms with van der Waals surface area (Å²) >= 11 is 0. The Kier molecular flexibility index (Phi) is 3.10. The van der Waals surface area contributed by atoms with E-state index in [2.05, 4.69) is 5.32 Å². The van der Waals surface area contributed by atoms with Crippen LogP contribution in [0.5, 0.6) is 0 Å². The second-order valence-corrected chi connectivity index (χ2v) is 4.85. The predicted octanol–water partition coefficient (Wildman–Crippen LogP) is 2.97. The van der Waals surface area contributed by atoms with Crippen LogP contribution in [-0.2, 0) is 4.74 Å². The lowest BCUT2D eigenvalue weighted by molar-refractivity contribution is 0.0436. The highest BCUT2D eigenvalue weighted by molar-refractivity contribution is 5.94. The average molecular weight is 283 g/mol. The number of carboxylic acids is 1. The smallest absolute Gasteiger partial charge is 0.340 e. The van der Waals surface area contributed by atoms with Crippen LogP contribution in [-0.4, -0.2) is 17.0 Å². The lowest BCUT2D eigenvalue weighted by Gasteiger charge is -2.16. The second-order valence-electron chi connectivity index (χ2n) is 4.85. The van der Waals surface area contributed by atoms with Gasteiger partial charge in [-0.05, 0) is 30.7 Å². The number of hydrogen-bond donors (Lipinski definition) is 2. The van der Waals surface area contributed by atoms with E-state index in [1.54, 1.807) is 18.2 Å². The third-order valence-electron chi connectivity index (χ3n) is 3.46. The van der Waals surface area contributed by atoms with Crippen LogP contribution in [0.2, 0.25) is 0 Å². The van der Waals surface area contributed by atoms with E-state index < -0.39 is 12.2 Å². The minimum Gasteiger partial charge on any atom is -0.478 e. The number of nitrogens with one attached hydrogen (secondary N) is 1. The highest BCUT2D eigenvalue weighted by Crippen LogP contribution is 2.32. The summed E-state index contributed by atoms with van der Waals surface area (Å²) in [5, 5.41) is 12.1. The molecule has 0 aliphatic carbocycles. The molecule has 1 unspecified atom stereocenters. The molecule has 2 N–H and O–H groups in total. The van der Waals surface area contributed by atoms with Gasteiger partial charge in [-0.2, -0.15) is 0 Å². The summed E-state index contributed by atoms with van der Waals surface area (Å²) in [5.74, 6) is -1.38. The molecular weight excluding hydrogens is 270 g/mol. The molecule has 106 valence electrons. The summed E-state index contributed by atoms with van der Waals surface area (Å²) in [6.45, 7) is 1.86. The number of carboxylic acid groups (broad SMARTS) is 1. The molecule has 5 heteroatoms. The molecular formula is C16H13NO4. The Morgan fingerprint density at radius 2 is 2.00 bits per heavy atom. The van der Waals surface area contributed by atoms with Crippen molar-refractivity contribution in [2.75, 3.05) is 5.32 Å². The lowest BCUT2D eigenvalue weighted by Crippen LogP contribution is -2.12. The van der Waals surface area contributed by atoms with E-state index in [-0.39, 0.29) is 11.5 Å². The normalized spacial score (nSPS) is 16.2. The Morgan fingerprint density at radius 1 is 1.24 bits per heavy atom. The molecule has 1 heterocycles. The summed E-state index contributed by atoms with van der Waals surface area (Å²) in [4.78, 5) is 22.8. The maximum absolute atomic E-state index is 11.8. The predicted molar refractivity (Wildman–Crippen MR) is 76.4 cm³/mol. The number of cyclic esters (lactones) is 1. The fraction of sp³-hybridized carbons (Fsp3) is 0.125. The molecule has 21 heavy (non-hydrogen) atoms. The number of carbonyl (C=O) groups is 2. The molecule has 0 spiro atoms. The number of carbonyl (C=O) groups excluding carboxylic acids is 1. The molecule has 1 atom stereocenters. The van der Waals surface area contributed by atoms with Crippen LogP contribution in [0.4, 0.5) is 5.69 Å². The van der Waals surface area contributed by atoms with Crippen LogP contribution in [0.3, 0.4) is 0 Å². The Balaban J connectivity index is 1.93. The molecule has 0 aromatic heterocycles. The van der Waals surface area contributed by atoms with Gasteiger partial charge >= 0.3 is 11.9 Å². The number of esters is 1. The van der Waals surface area contributed by atoms with E-state index in [1.165, 1.54) is 12.1 Å². The van der Waals surface area contributed by atoms with Gasteiger partial charge in [0.2, 0.25) is 6.23 Å². The molecule has 0 saturated heterocycles. The van der Waals surface area contributed by atoms with Crippen LogP contribution in [0.25, 0.3) is 0 Å². The summed E-state index contributed by atoms with van der Waals surface area (Å²) in [6.07, 6.45) is -0.601. The maximum atomic E-state index is 11.8. The van der Waals surface area contributed by atoms with Crippen molar-refractivity contribution in [1.29, 1.82) is 0 Å². The van der Waals surface area contributed by atoms with Crippen molar-refractivity contribution >= 4 is 17.6 Å². The van der Waals surface area contributed by atoms with Crippen LogP contribution in [0.1, 0.15) is 38.1 Å². The zero-order chi connectivity index (χ0) is 15.0. The Morgan fingerprint density at radius 3 is 2.76 bits per heavy atom. The molecule has 2 aromatic carbocycles. The van der Waals surface area contributed by atoms with Crippen LogP contribution >= 0.6 is 0 Å². The molecule has 0 amide bonds. The molecule has 0 radical (unpaired) electrons. The molecule has 5 nitrogen and oxygen atoms in total. The van der Waals surface area contributed by atoms with E-state index in [9.17, 15) is 9.59 Å². The fourth-order valence-electron chi connectivity index (χ4n) is 2.30. The van der Waals surface area contributed by atoms with Crippen molar-refractivity contribution in [3.05, 3.63) is 64.7 Å². The van der Waals surface area contributed by atoms with Crippen LogP contribution < -0.4 is 5.32 Å². The number of ether oxygens (including phenoxy) is 1. The molecule has 0 bridgehead atoms. The molecule has 2 aromatic rings. The van der Waals surface area contributed by atoms with Crippen LogP contribution in [0, 0.1) is 6.92 Å². The minimum absolute atomic E-state index is 0.181. The lowest BCUT2D eigenvalue weighted by atomic mass is 10.1. The van der Waals surface area contributed by atoms with Gasteiger partial charge in [0, 0.05) is 11.3 Å². The highest BCUT2D eigenvalue weighted by atomic mass is 16.6. The number of benzene rings is 2. The van der Waals surface area contributed by atoms with E-state index in [1.807, 2.05) is 19.1 Å². The fourth-order valence-corrected chi connectivity index (χ4v) is 2.30. The van der Waals surface area contributed by atoms with Gasteiger partial charge in [0.1, 0.15) is 0 Å². The standard InChI is InChI=1S/C16H13NO4/c1-9-6-7-10(15(18)19)8-13(9)17-14-11-4-2-3-5-12(11)16(20)21-14/h2-8,14,17H,1H3,(H,18,19). The zero-order valence-corrected chi connectivity index (χ0v) is 11.3. The summed E-state index contributed by atoms with van der Waals surface area (Å²) in [7, 11) is 0. The first-order chi connectivity index (χ1) is 10.1. The SMILES string of the molecule is Cc1ccc(C(=O)O)cc1NC1OC(=O)c2ccccc21. The van der Waals surface area contributed by atoms with E-state index >= 15 is 0 Å². The van der Waals surface area contributed by atoms with Crippen molar-refractivity contribution in [3.63, 3.8) is 0 Å². The zero-order valence-electron chi connectivity index (χ0n) is 11.3. The summed E-state index contributed by atoms with van der Waals surface area (Å²) in [5.41, 5.74) is 2.97. The van der Waals surface area contributed by atoms with Crippen LogP contribution in [0.15, 0.2) is 42.5 Å². The number of fused-ring (bicyclic) bond motifs is 1. The summed E-state index contributed by atoms with van der Waals surface area (Å²) in [6, 6.07) is 11.9. The number of aromatic carboxylic acids is 1. The number of anilines is 1. The highest BCUT2D eigenvalue weighted by Gasteiger charge is 2.30. The maximum Gasteiger partial charge on any atom is 0.340 e. The number of aryl methyl sites for hydroxylation is 1. The monoisotopic (exact) mass is 283 g/mol. The first-order valence-corrected chi connectivity index (χ1v) is 6.46. The van der Waals surface area contributed by atoms with E-state index in [0.717, 1.165) is 11.1 Å². The second kappa shape index (κ2) is 4.94. The van der Waals surface area contributed by atoms with Gasteiger partial charge in [-0.15, -0.1) is 0 Å². The average Bonchev–Trinajstić information content (AvgIpc) is 2.78. The number of rotatable bonds is 3. The molecule has 0 saturated carbocycles. The van der Waals surface area contributed by atoms with Crippen molar-refractivity contribution < 1.29 is 19.4 Å². The van der Waals surface area contributed by atoms with Gasteiger partial charge < -0.3 is 15.2 Å². The molecule has 1 aliphatic heterocycles. The van der Waals surface area contributed by atoms with Crippen molar-refractivity contribution in [1.82, 2.24) is 0 Å². The topological polar surface area (TPSA) is 75.6 Å². The molecule has 0 fully saturated rings. The Labute approximate surface area is 121 Å². The van der Waals surface area contributed by atoms with Gasteiger partial charge in [0.25, 0.3) is 0 Å². The minimum atomic E-state index is -0.998. The first-order valence-electron chi connectivity index (χ1n) is 6.46. The van der Waals surface area contributed by atoms with E-state index in [4.69, 9.17) is 9.84 Å². The first kappa shape index (κ1) is 13.2. The Hall–Kier alpha value is -2.82. The van der Waals surface area contributed by atoms with Gasteiger partial charge in [-0.1, -0.05) is 24.3 Å². The molecule has 3 rings (SSSR count). The van der Waals surface area contributed by atoms with Crippen molar-refractivity contribution in [2.24, 2.45) is 0 Å². The van der Waals surface area contributed by atoms with Gasteiger partial charge in [-0.25, -0.2) is 9.59 Å². The third kappa shape index (κ3) is 2.33. The van der Waals surface area contributed by atoms with Crippen molar-refractivity contribution in [2.45, 2.75) is 13.2 Å². The van der Waals surface area contributed by atoms with Gasteiger partial charge in [0.05, 0.1) is 11.1 Å².